The number of carbonyl (C=O) groups excluding carboxylic acids is 2. The predicted molar refractivity (Wildman–Crippen MR) is 114 cm³/mol. The van der Waals surface area contributed by atoms with Crippen LogP contribution in [0.25, 0.3) is 0 Å². The number of thioether (sulfide) groups is 1. The highest BCUT2D eigenvalue weighted by atomic mass is 32.2. The van der Waals surface area contributed by atoms with Crippen molar-refractivity contribution in [1.29, 1.82) is 0 Å². The molecule has 0 aliphatic carbocycles. The minimum absolute atomic E-state index is 0.107. The van der Waals surface area contributed by atoms with E-state index in [1.165, 1.54) is 16.7 Å². The van der Waals surface area contributed by atoms with Crippen molar-refractivity contribution < 1.29 is 27.5 Å². The maximum absolute atomic E-state index is 13.3. The number of esters is 1. The van der Waals surface area contributed by atoms with Crippen LogP contribution in [0.4, 0.5) is 13.2 Å². The third kappa shape index (κ3) is 5.81. The van der Waals surface area contributed by atoms with E-state index in [0.717, 1.165) is 29.8 Å². The molecule has 3 rings (SSSR count). The Hall–Kier alpha value is -2.48. The molecule has 0 saturated carbocycles. The molecule has 0 bridgehead atoms. The summed E-state index contributed by atoms with van der Waals surface area (Å²) in [5, 5.41) is -0.325. The molecule has 0 aromatic heterocycles. The number of carbonyl (C=O) groups is 2. The molecule has 1 amide bonds. The van der Waals surface area contributed by atoms with Gasteiger partial charge in [0.25, 0.3) is 5.91 Å². The summed E-state index contributed by atoms with van der Waals surface area (Å²) in [6.07, 6.45) is -3.96. The first-order valence-corrected chi connectivity index (χ1v) is 11.0. The molecule has 1 heterocycles. The molecule has 2 aromatic rings. The van der Waals surface area contributed by atoms with Gasteiger partial charge in [-0.2, -0.15) is 13.2 Å². The fourth-order valence-electron chi connectivity index (χ4n) is 3.29. The van der Waals surface area contributed by atoms with Crippen molar-refractivity contribution in [2.24, 2.45) is 5.92 Å². The molecule has 166 valence electrons. The van der Waals surface area contributed by atoms with Crippen LogP contribution in [0.3, 0.4) is 0 Å². The van der Waals surface area contributed by atoms with Crippen molar-refractivity contribution in [3.8, 4) is 0 Å². The summed E-state index contributed by atoms with van der Waals surface area (Å²) in [7, 11) is 0. The molecule has 1 saturated heterocycles. The average molecular weight is 452 g/mol. The second-order valence-electron chi connectivity index (χ2n) is 7.80. The van der Waals surface area contributed by atoms with Crippen molar-refractivity contribution in [2.75, 3.05) is 12.4 Å². The van der Waals surface area contributed by atoms with E-state index < -0.39 is 29.7 Å². The topological polar surface area (TPSA) is 46.6 Å². The number of rotatable bonds is 6. The van der Waals surface area contributed by atoms with Gasteiger partial charge in [-0.3, -0.25) is 4.79 Å². The van der Waals surface area contributed by atoms with Crippen LogP contribution < -0.4 is 0 Å². The highest BCUT2D eigenvalue weighted by Gasteiger charge is 2.43. The Kier molecular flexibility index (Phi) is 7.30. The number of halogens is 3. The smallest absolute Gasteiger partial charge is 0.416 e. The molecule has 8 heteroatoms. The molecule has 1 fully saturated rings. The summed E-state index contributed by atoms with van der Waals surface area (Å²) in [5.41, 5.74) is 0.283. The lowest BCUT2D eigenvalue weighted by atomic mass is 10.1. The van der Waals surface area contributed by atoms with Crippen molar-refractivity contribution >= 4 is 23.6 Å². The van der Waals surface area contributed by atoms with Gasteiger partial charge in [-0.25, -0.2) is 4.79 Å². The van der Waals surface area contributed by atoms with E-state index in [2.05, 4.69) is 0 Å². The second-order valence-corrected chi connectivity index (χ2v) is 9.02. The highest BCUT2D eigenvalue weighted by Crippen LogP contribution is 2.34. The maximum Gasteiger partial charge on any atom is 0.416 e. The lowest BCUT2D eigenvalue weighted by Crippen LogP contribution is -2.47. The van der Waals surface area contributed by atoms with Gasteiger partial charge in [0.2, 0.25) is 0 Å². The molecule has 2 unspecified atom stereocenters. The minimum atomic E-state index is -4.48. The first kappa shape index (κ1) is 23.2. The first-order valence-electron chi connectivity index (χ1n) is 9.99. The molecule has 1 aliphatic heterocycles. The van der Waals surface area contributed by atoms with Crippen LogP contribution in [0.5, 0.6) is 0 Å². The lowest BCUT2D eigenvalue weighted by Gasteiger charge is -2.29. The Morgan fingerprint density at radius 3 is 2.32 bits per heavy atom. The van der Waals surface area contributed by atoms with Crippen molar-refractivity contribution in [3.63, 3.8) is 0 Å². The molecule has 0 spiro atoms. The number of amides is 1. The molecular weight excluding hydrogens is 427 g/mol. The highest BCUT2D eigenvalue weighted by molar-refractivity contribution is 8.00. The van der Waals surface area contributed by atoms with Gasteiger partial charge >= 0.3 is 12.1 Å². The summed E-state index contributed by atoms with van der Waals surface area (Å²) < 4.78 is 44.0. The SMILES string of the molecule is CC(C)COC(=O)C1CSC(Cc2ccccc2)N1C(=O)c1ccc(C(F)(F)F)cc1. The Morgan fingerprint density at radius 2 is 1.74 bits per heavy atom. The van der Waals surface area contributed by atoms with Crippen molar-refractivity contribution in [2.45, 2.75) is 37.9 Å². The monoisotopic (exact) mass is 451 g/mol. The normalized spacial score (nSPS) is 19.0. The zero-order valence-corrected chi connectivity index (χ0v) is 18.1. The van der Waals surface area contributed by atoms with Crippen LogP contribution in [0, 0.1) is 5.92 Å². The van der Waals surface area contributed by atoms with Gasteiger partial charge in [-0.05, 0) is 35.7 Å². The van der Waals surface area contributed by atoms with E-state index in [-0.39, 0.29) is 23.5 Å². The first-order chi connectivity index (χ1) is 14.7. The number of alkyl halides is 3. The van der Waals surface area contributed by atoms with E-state index in [1.54, 1.807) is 0 Å². The van der Waals surface area contributed by atoms with E-state index >= 15 is 0 Å². The van der Waals surface area contributed by atoms with Crippen LogP contribution in [0.2, 0.25) is 0 Å². The van der Waals surface area contributed by atoms with Gasteiger partial charge in [0.1, 0.15) is 6.04 Å². The molecule has 2 atom stereocenters. The number of benzene rings is 2. The Labute approximate surface area is 183 Å². The molecule has 4 nitrogen and oxygen atoms in total. The zero-order chi connectivity index (χ0) is 22.6. The van der Waals surface area contributed by atoms with Crippen LogP contribution in [-0.4, -0.2) is 40.6 Å². The summed E-state index contributed by atoms with van der Waals surface area (Å²) >= 11 is 1.47. The Bertz CT molecular complexity index is 901. The van der Waals surface area contributed by atoms with Gasteiger partial charge in [0, 0.05) is 17.7 Å². The molecular formula is C23H24F3NO3S. The summed E-state index contributed by atoms with van der Waals surface area (Å²) in [6, 6.07) is 12.8. The molecule has 1 aliphatic rings. The number of hydrogen-bond acceptors (Lipinski definition) is 4. The van der Waals surface area contributed by atoms with Gasteiger partial charge < -0.3 is 9.64 Å². The van der Waals surface area contributed by atoms with Gasteiger partial charge in [0.05, 0.1) is 17.5 Å². The Balaban J connectivity index is 1.86. The molecule has 0 radical (unpaired) electrons. The quantitative estimate of drug-likeness (QED) is 0.578. The van der Waals surface area contributed by atoms with Crippen LogP contribution >= 0.6 is 11.8 Å². The summed E-state index contributed by atoms with van der Waals surface area (Å²) in [5.74, 6) is -0.443. The summed E-state index contributed by atoms with van der Waals surface area (Å²) in [4.78, 5) is 27.4. The van der Waals surface area contributed by atoms with Crippen LogP contribution in [0.15, 0.2) is 54.6 Å². The zero-order valence-electron chi connectivity index (χ0n) is 17.3. The molecule has 0 N–H and O–H groups in total. The number of hydrogen-bond donors (Lipinski definition) is 0. The fourth-order valence-corrected chi connectivity index (χ4v) is 4.70. The van der Waals surface area contributed by atoms with Crippen molar-refractivity contribution in [3.05, 3.63) is 71.3 Å². The van der Waals surface area contributed by atoms with Crippen LogP contribution in [-0.2, 0) is 22.1 Å². The van der Waals surface area contributed by atoms with E-state index in [0.29, 0.717) is 12.2 Å². The van der Waals surface area contributed by atoms with Crippen LogP contribution in [0.1, 0.15) is 35.3 Å². The van der Waals surface area contributed by atoms with Gasteiger partial charge in [-0.15, -0.1) is 11.8 Å². The number of ether oxygens (including phenoxy) is 1. The maximum atomic E-state index is 13.3. The third-order valence-electron chi connectivity index (χ3n) is 4.87. The van der Waals surface area contributed by atoms with E-state index in [1.807, 2.05) is 44.2 Å². The second kappa shape index (κ2) is 9.77. The average Bonchev–Trinajstić information content (AvgIpc) is 3.15. The fraction of sp³-hybridized carbons (Fsp3) is 0.391. The Morgan fingerprint density at radius 1 is 1.10 bits per heavy atom. The largest absolute Gasteiger partial charge is 0.464 e. The third-order valence-corrected chi connectivity index (χ3v) is 6.16. The summed E-state index contributed by atoms with van der Waals surface area (Å²) in [6.45, 7) is 4.08. The predicted octanol–water partition coefficient (Wildman–Crippen LogP) is 5.03. The minimum Gasteiger partial charge on any atom is -0.464 e. The number of nitrogens with zero attached hydrogens (tertiary/aromatic N) is 1. The van der Waals surface area contributed by atoms with Crippen molar-refractivity contribution in [1.82, 2.24) is 4.90 Å². The molecule has 31 heavy (non-hydrogen) atoms. The van der Waals surface area contributed by atoms with E-state index in [4.69, 9.17) is 4.74 Å². The lowest BCUT2D eigenvalue weighted by molar-refractivity contribution is -0.149. The molecule has 2 aromatic carbocycles. The van der Waals surface area contributed by atoms with E-state index in [9.17, 15) is 22.8 Å². The standard InChI is InChI=1S/C23H24F3NO3S/c1-15(2)13-30-22(29)19-14-31-20(12-16-6-4-3-5-7-16)27(19)21(28)17-8-10-18(11-9-17)23(24,25)26/h3-11,15,19-20H,12-14H2,1-2H3. The van der Waals surface area contributed by atoms with Gasteiger partial charge in [-0.1, -0.05) is 44.2 Å². The van der Waals surface area contributed by atoms with Gasteiger partial charge in [0.15, 0.2) is 0 Å².